The van der Waals surface area contributed by atoms with E-state index in [2.05, 4.69) is 456 Å². The topological polar surface area (TPSA) is 42.1 Å². The Morgan fingerprint density at radius 1 is 0.161 bits per heavy atom. The van der Waals surface area contributed by atoms with E-state index in [0.29, 0.717) is 5.95 Å². The van der Waals surface area contributed by atoms with Gasteiger partial charge in [0.15, 0.2) is 0 Å². The molecule has 6 heteroatoms. The van der Waals surface area contributed by atoms with Crippen molar-refractivity contribution >= 4 is 78.0 Å². The lowest BCUT2D eigenvalue weighted by Gasteiger charge is -2.27. The van der Waals surface area contributed by atoms with Gasteiger partial charge in [0.1, 0.15) is 0 Å². The number of rotatable bonds is 17. The molecule has 17 aromatic carbocycles. The zero-order valence-corrected chi connectivity index (χ0v) is 61.3. The summed E-state index contributed by atoms with van der Waals surface area (Å²) in [5.41, 5.74) is 31.0. The van der Waals surface area contributed by atoms with Crippen LogP contribution in [-0.2, 0) is 0 Å². The highest BCUT2D eigenvalue weighted by molar-refractivity contribution is 6.12. The maximum absolute atomic E-state index is 5.79. The van der Waals surface area contributed by atoms with E-state index in [0.717, 1.165) is 146 Å². The molecular weight excluding hydrogens is 1360 g/mol. The highest BCUT2D eigenvalue weighted by Gasteiger charge is 2.24. The molecule has 0 fully saturated rings. The van der Waals surface area contributed by atoms with Crippen molar-refractivity contribution < 1.29 is 0 Å². The third-order valence-corrected chi connectivity index (χ3v) is 21.7. The number of hydrogen-bond donors (Lipinski definition) is 0. The van der Waals surface area contributed by atoms with Gasteiger partial charge in [0, 0.05) is 72.5 Å². The highest BCUT2D eigenvalue weighted by Crippen LogP contribution is 2.45. The maximum Gasteiger partial charge on any atom is 0.235 e. The Balaban J connectivity index is 0.741. The SMILES string of the molecule is c1ccc(-c2ccc(N(c3ccc(-c4ccc5c(c4)c4ccccc4n5-c4ccccc4)cc3)c3cccc(-c4cc(-c5cccc(-c6cc(-c7ccccc7)cc(-c7ccccc7)c6)c5)nc(N(c5ccc(-c6ccccc6)cc5)c5ccc(-c6ccc7c(c6)c6ccccc6n7-c6ccccc6)cc5)n4)c3)cc2)cc1. The summed E-state index contributed by atoms with van der Waals surface area (Å²) in [7, 11) is 0. The van der Waals surface area contributed by atoms with Gasteiger partial charge in [-0.3, -0.25) is 4.90 Å². The zero-order valence-electron chi connectivity index (χ0n) is 61.3. The Kier molecular flexibility index (Phi) is 17.2. The van der Waals surface area contributed by atoms with Crippen molar-refractivity contribution in [3.63, 3.8) is 0 Å². The Morgan fingerprint density at radius 3 is 0.857 bits per heavy atom. The van der Waals surface area contributed by atoms with E-state index in [1.165, 1.54) is 38.1 Å². The second-order valence-electron chi connectivity index (χ2n) is 28.5. The molecule has 0 bridgehead atoms. The Hall–Kier alpha value is -15.0. The summed E-state index contributed by atoms with van der Waals surface area (Å²) in [6, 6.07) is 157. The second kappa shape index (κ2) is 29.0. The van der Waals surface area contributed by atoms with E-state index in [9.17, 15) is 0 Å². The van der Waals surface area contributed by atoms with Crippen molar-refractivity contribution in [2.75, 3.05) is 9.80 Å². The molecule has 0 N–H and O–H groups in total. The van der Waals surface area contributed by atoms with E-state index in [1.54, 1.807) is 0 Å². The third-order valence-electron chi connectivity index (χ3n) is 21.7. The molecule has 0 atom stereocenters. The fraction of sp³-hybridized carbons (Fsp3) is 0. The van der Waals surface area contributed by atoms with Gasteiger partial charge in [-0.1, -0.05) is 285 Å². The van der Waals surface area contributed by atoms with Crippen LogP contribution in [-0.4, -0.2) is 19.1 Å². The van der Waals surface area contributed by atoms with Crippen LogP contribution in [0.25, 0.3) is 155 Å². The van der Waals surface area contributed by atoms with Crippen molar-refractivity contribution in [3.05, 3.63) is 437 Å². The summed E-state index contributed by atoms with van der Waals surface area (Å²) in [6.45, 7) is 0. The maximum atomic E-state index is 5.79. The van der Waals surface area contributed by atoms with Crippen molar-refractivity contribution in [3.8, 4) is 112 Å². The zero-order chi connectivity index (χ0) is 74.3. The van der Waals surface area contributed by atoms with Crippen molar-refractivity contribution in [1.82, 2.24) is 19.1 Å². The summed E-state index contributed by atoms with van der Waals surface area (Å²) in [5.74, 6) is 0.517. The van der Waals surface area contributed by atoms with E-state index in [4.69, 9.17) is 9.97 Å². The minimum absolute atomic E-state index is 0.517. The van der Waals surface area contributed by atoms with E-state index < -0.39 is 0 Å². The second-order valence-corrected chi connectivity index (χ2v) is 28.5. The first-order valence-electron chi connectivity index (χ1n) is 38.2. The van der Waals surface area contributed by atoms with Crippen LogP contribution < -0.4 is 9.80 Å². The molecule has 0 aliphatic carbocycles. The summed E-state index contributed by atoms with van der Waals surface area (Å²) >= 11 is 0. The molecule has 0 aliphatic rings. The van der Waals surface area contributed by atoms with Gasteiger partial charge in [-0.25, -0.2) is 9.97 Å². The van der Waals surface area contributed by atoms with Gasteiger partial charge < -0.3 is 14.0 Å². The summed E-state index contributed by atoms with van der Waals surface area (Å²) in [5, 5.41) is 4.84. The van der Waals surface area contributed by atoms with Crippen molar-refractivity contribution in [1.29, 1.82) is 0 Å². The first-order valence-corrected chi connectivity index (χ1v) is 38.2. The molecule has 0 amide bonds. The minimum Gasteiger partial charge on any atom is -0.310 e. The molecule has 3 aromatic heterocycles. The number of anilines is 6. The highest BCUT2D eigenvalue weighted by atomic mass is 15.3. The Labute approximate surface area is 651 Å². The number of aromatic nitrogens is 4. The van der Waals surface area contributed by atoms with Gasteiger partial charge in [0.05, 0.1) is 33.5 Å². The first-order chi connectivity index (χ1) is 55.5. The quantitative estimate of drug-likeness (QED) is 0.0911. The van der Waals surface area contributed by atoms with Crippen LogP contribution in [0.3, 0.4) is 0 Å². The van der Waals surface area contributed by atoms with Crippen LogP contribution in [0.15, 0.2) is 437 Å². The molecule has 3 heterocycles. The van der Waals surface area contributed by atoms with Crippen LogP contribution >= 0.6 is 0 Å². The number of nitrogens with zero attached hydrogens (tertiary/aromatic N) is 6. The predicted molar refractivity (Wildman–Crippen MR) is 469 cm³/mol. The molecule has 0 radical (unpaired) electrons. The lowest BCUT2D eigenvalue weighted by molar-refractivity contribution is 1.09. The smallest absolute Gasteiger partial charge is 0.235 e. The van der Waals surface area contributed by atoms with Crippen molar-refractivity contribution in [2.24, 2.45) is 0 Å². The van der Waals surface area contributed by atoms with Crippen LogP contribution in [0, 0.1) is 0 Å². The fourth-order valence-corrected chi connectivity index (χ4v) is 16.2. The van der Waals surface area contributed by atoms with Gasteiger partial charge in [0.2, 0.25) is 5.95 Å². The Morgan fingerprint density at radius 2 is 0.438 bits per heavy atom. The van der Waals surface area contributed by atoms with Gasteiger partial charge in [0.25, 0.3) is 0 Å². The summed E-state index contributed by atoms with van der Waals surface area (Å²) in [6.07, 6.45) is 0. The van der Waals surface area contributed by atoms with E-state index in [1.807, 2.05) is 0 Å². The number of benzene rings is 17. The molecule has 20 rings (SSSR count). The van der Waals surface area contributed by atoms with Crippen LogP contribution in [0.1, 0.15) is 0 Å². The first kappa shape index (κ1) is 66.5. The molecular formula is C106H72N6. The van der Waals surface area contributed by atoms with Crippen LogP contribution in [0.2, 0.25) is 0 Å². The van der Waals surface area contributed by atoms with Crippen molar-refractivity contribution in [2.45, 2.75) is 0 Å². The molecule has 0 spiro atoms. The molecule has 6 nitrogen and oxygen atoms in total. The standard InChI is InChI=1S/C106H72N6/c1-7-25-73(26-8-1)77-45-55-91(56-46-77)109(92-57-49-79(50-58-92)82-53-63-104-98(70-82)96-41-19-21-43-102(96)111(104)89-36-15-5-16-37-89)95-40-24-35-85(69-95)101-72-100(84-34-23-33-81(65-84)88-67-86(75-29-11-3-12-30-75)66-87(68-88)76-31-13-4-14-32-76)107-106(108-101)110(93-59-47-78(48-60-93)74-27-9-2-10-28-74)94-61-51-80(52-62-94)83-54-64-105-99(71-83)97-42-20-22-44-103(97)112(105)90-38-17-6-18-39-90/h1-72H. The lowest BCUT2D eigenvalue weighted by Crippen LogP contribution is -2.14. The van der Waals surface area contributed by atoms with Crippen LogP contribution in [0.4, 0.5) is 34.4 Å². The predicted octanol–water partition coefficient (Wildman–Crippen LogP) is 28.6. The Bertz CT molecular complexity index is 6750. The summed E-state index contributed by atoms with van der Waals surface area (Å²) < 4.78 is 4.74. The minimum atomic E-state index is 0.517. The monoisotopic (exact) mass is 1430 g/mol. The molecule has 112 heavy (non-hydrogen) atoms. The van der Waals surface area contributed by atoms with E-state index in [-0.39, 0.29) is 0 Å². The molecule has 0 saturated heterocycles. The molecule has 0 saturated carbocycles. The van der Waals surface area contributed by atoms with Gasteiger partial charge in [-0.2, -0.15) is 0 Å². The summed E-state index contributed by atoms with van der Waals surface area (Å²) in [4.78, 5) is 16.1. The lowest BCUT2D eigenvalue weighted by atomic mass is 9.92. The third kappa shape index (κ3) is 12.7. The largest absolute Gasteiger partial charge is 0.310 e. The fourth-order valence-electron chi connectivity index (χ4n) is 16.2. The molecule has 0 aliphatic heterocycles. The average Bonchev–Trinajstić information content (AvgIpc) is 1.67. The van der Waals surface area contributed by atoms with Gasteiger partial charge in [-0.15, -0.1) is 0 Å². The van der Waals surface area contributed by atoms with E-state index >= 15 is 0 Å². The molecule has 526 valence electrons. The number of para-hydroxylation sites is 4. The molecule has 20 aromatic rings. The average molecular weight is 1430 g/mol. The number of fused-ring (bicyclic) bond motifs is 6. The van der Waals surface area contributed by atoms with Crippen LogP contribution in [0.5, 0.6) is 0 Å². The normalized spacial score (nSPS) is 11.4. The van der Waals surface area contributed by atoms with Gasteiger partial charge >= 0.3 is 0 Å². The number of hydrogen-bond acceptors (Lipinski definition) is 4. The molecule has 0 unspecified atom stereocenters. The van der Waals surface area contributed by atoms with Gasteiger partial charge in [-0.05, 0) is 230 Å².